The van der Waals surface area contributed by atoms with Gasteiger partial charge in [-0.2, -0.15) is 0 Å². The van der Waals surface area contributed by atoms with Crippen LogP contribution in [0.3, 0.4) is 0 Å². The fourth-order valence-corrected chi connectivity index (χ4v) is 3.03. The number of carboxylic acid groups (broad SMARTS) is 1. The quantitative estimate of drug-likeness (QED) is 0.936. The van der Waals surface area contributed by atoms with E-state index in [4.69, 9.17) is 0 Å². The summed E-state index contributed by atoms with van der Waals surface area (Å²) in [6, 6.07) is 12.5. The summed E-state index contributed by atoms with van der Waals surface area (Å²) in [5.41, 5.74) is 2.79. The highest BCUT2D eigenvalue weighted by Crippen LogP contribution is 2.23. The molecule has 4 heteroatoms. The molecular formula is C17H17NO3. The van der Waals surface area contributed by atoms with E-state index in [0.717, 1.165) is 30.5 Å². The maximum Gasteiger partial charge on any atom is 0.312 e. The first kappa shape index (κ1) is 13.6. The molecular weight excluding hydrogens is 266 g/mol. The number of carboxylic acids is 1. The third-order valence-corrected chi connectivity index (χ3v) is 4.11. The largest absolute Gasteiger partial charge is 0.481 e. The first-order chi connectivity index (χ1) is 10.2. The first-order valence-corrected chi connectivity index (χ1v) is 7.16. The molecule has 1 aromatic carbocycles. The Bertz CT molecular complexity index is 719. The van der Waals surface area contributed by atoms with E-state index < -0.39 is 11.9 Å². The second-order valence-corrected chi connectivity index (χ2v) is 5.41. The molecule has 2 aromatic rings. The Morgan fingerprint density at radius 2 is 1.90 bits per heavy atom. The van der Waals surface area contributed by atoms with Crippen LogP contribution >= 0.6 is 0 Å². The zero-order valence-corrected chi connectivity index (χ0v) is 11.7. The van der Waals surface area contributed by atoms with Crippen LogP contribution in [0.15, 0.2) is 47.3 Å². The van der Waals surface area contributed by atoms with Gasteiger partial charge in [-0.3, -0.25) is 9.59 Å². The molecule has 0 spiro atoms. The van der Waals surface area contributed by atoms with E-state index in [9.17, 15) is 14.7 Å². The van der Waals surface area contributed by atoms with Crippen molar-refractivity contribution in [2.45, 2.75) is 31.7 Å². The van der Waals surface area contributed by atoms with Crippen molar-refractivity contribution in [3.8, 4) is 0 Å². The summed E-state index contributed by atoms with van der Waals surface area (Å²) >= 11 is 0. The molecule has 108 valence electrons. The van der Waals surface area contributed by atoms with E-state index in [-0.39, 0.29) is 12.1 Å². The monoisotopic (exact) mass is 283 g/mol. The number of aliphatic carboxylic acids is 1. The van der Waals surface area contributed by atoms with Gasteiger partial charge in [0.2, 0.25) is 0 Å². The SMILES string of the molecule is O=C(O)C(Cn1c2c(ccc1=O)CCC2)c1ccccc1. The molecule has 1 aromatic heterocycles. The zero-order valence-electron chi connectivity index (χ0n) is 11.7. The van der Waals surface area contributed by atoms with Crippen LogP contribution in [0.5, 0.6) is 0 Å². The fourth-order valence-electron chi connectivity index (χ4n) is 3.03. The third kappa shape index (κ3) is 2.61. The summed E-state index contributed by atoms with van der Waals surface area (Å²) in [5.74, 6) is -1.60. The van der Waals surface area contributed by atoms with Crippen LogP contribution in [0, 0.1) is 0 Å². The minimum atomic E-state index is -0.899. The number of rotatable bonds is 4. The third-order valence-electron chi connectivity index (χ3n) is 4.11. The lowest BCUT2D eigenvalue weighted by atomic mass is 9.99. The van der Waals surface area contributed by atoms with Gasteiger partial charge in [0.15, 0.2) is 0 Å². The number of nitrogens with zero attached hydrogens (tertiary/aromatic N) is 1. The predicted octanol–water partition coefficient (Wildman–Crippen LogP) is 2.21. The Morgan fingerprint density at radius 3 is 2.62 bits per heavy atom. The highest BCUT2D eigenvalue weighted by Gasteiger charge is 2.24. The number of benzene rings is 1. The lowest BCUT2D eigenvalue weighted by molar-refractivity contribution is -0.139. The van der Waals surface area contributed by atoms with E-state index in [1.54, 1.807) is 22.8 Å². The van der Waals surface area contributed by atoms with Crippen LogP contribution in [0.1, 0.15) is 29.2 Å². The van der Waals surface area contributed by atoms with Gasteiger partial charge in [0.1, 0.15) is 0 Å². The van der Waals surface area contributed by atoms with Crippen molar-refractivity contribution in [1.82, 2.24) is 4.57 Å². The van der Waals surface area contributed by atoms with Crippen molar-refractivity contribution < 1.29 is 9.90 Å². The summed E-state index contributed by atoms with van der Waals surface area (Å²) < 4.78 is 1.65. The molecule has 1 heterocycles. The Morgan fingerprint density at radius 1 is 1.14 bits per heavy atom. The molecule has 0 amide bonds. The Labute approximate surface area is 122 Å². The first-order valence-electron chi connectivity index (χ1n) is 7.16. The van der Waals surface area contributed by atoms with Crippen LogP contribution in [0.25, 0.3) is 0 Å². The van der Waals surface area contributed by atoms with E-state index in [2.05, 4.69) is 0 Å². The van der Waals surface area contributed by atoms with Crippen LogP contribution in [0.4, 0.5) is 0 Å². The molecule has 4 nitrogen and oxygen atoms in total. The predicted molar refractivity (Wildman–Crippen MR) is 79.5 cm³/mol. The maximum atomic E-state index is 12.1. The van der Waals surface area contributed by atoms with E-state index in [1.165, 1.54) is 5.56 Å². The lowest BCUT2D eigenvalue weighted by Crippen LogP contribution is -2.28. The van der Waals surface area contributed by atoms with Crippen molar-refractivity contribution in [1.29, 1.82) is 0 Å². The summed E-state index contributed by atoms with van der Waals surface area (Å²) in [7, 11) is 0. The number of hydrogen-bond donors (Lipinski definition) is 1. The van der Waals surface area contributed by atoms with Crippen LogP contribution in [-0.2, 0) is 24.2 Å². The number of pyridine rings is 1. The minimum absolute atomic E-state index is 0.113. The fraction of sp³-hybridized carbons (Fsp3) is 0.294. The average molecular weight is 283 g/mol. The molecule has 1 unspecified atom stereocenters. The Hall–Kier alpha value is -2.36. The molecule has 1 aliphatic rings. The Kier molecular flexibility index (Phi) is 3.60. The summed E-state index contributed by atoms with van der Waals surface area (Å²) in [6.07, 6.45) is 2.85. The summed E-state index contributed by atoms with van der Waals surface area (Å²) in [5, 5.41) is 9.51. The van der Waals surface area contributed by atoms with Gasteiger partial charge in [-0.25, -0.2) is 0 Å². The maximum absolute atomic E-state index is 12.1. The van der Waals surface area contributed by atoms with E-state index in [1.807, 2.05) is 24.3 Å². The summed E-state index contributed by atoms with van der Waals surface area (Å²) in [4.78, 5) is 23.7. The van der Waals surface area contributed by atoms with Crippen molar-refractivity contribution in [2.75, 3.05) is 0 Å². The van der Waals surface area contributed by atoms with E-state index >= 15 is 0 Å². The van der Waals surface area contributed by atoms with Gasteiger partial charge in [-0.1, -0.05) is 36.4 Å². The van der Waals surface area contributed by atoms with Crippen LogP contribution in [0.2, 0.25) is 0 Å². The topological polar surface area (TPSA) is 59.3 Å². The van der Waals surface area contributed by atoms with Gasteiger partial charge in [-0.15, -0.1) is 0 Å². The van der Waals surface area contributed by atoms with Crippen molar-refractivity contribution >= 4 is 5.97 Å². The normalized spacial score (nSPS) is 14.7. The van der Waals surface area contributed by atoms with E-state index in [0.29, 0.717) is 0 Å². The van der Waals surface area contributed by atoms with Crippen LogP contribution in [-0.4, -0.2) is 15.6 Å². The lowest BCUT2D eigenvalue weighted by Gasteiger charge is -2.17. The molecule has 0 saturated heterocycles. The van der Waals surface area contributed by atoms with Crippen molar-refractivity contribution in [3.63, 3.8) is 0 Å². The standard InChI is InChI=1S/C17H17NO3/c19-16-10-9-13-7-4-8-15(13)18(16)11-14(17(20)21)12-5-2-1-3-6-12/h1-3,5-6,9-10,14H,4,7-8,11H2,(H,20,21). The van der Waals surface area contributed by atoms with Gasteiger partial charge < -0.3 is 9.67 Å². The smallest absolute Gasteiger partial charge is 0.312 e. The number of aromatic nitrogens is 1. The van der Waals surface area contributed by atoms with Crippen molar-refractivity contribution in [3.05, 3.63) is 69.6 Å². The zero-order chi connectivity index (χ0) is 14.8. The minimum Gasteiger partial charge on any atom is -0.481 e. The molecule has 0 aliphatic heterocycles. The molecule has 1 N–H and O–H groups in total. The molecule has 3 rings (SSSR count). The highest BCUT2D eigenvalue weighted by molar-refractivity contribution is 5.76. The molecule has 1 aliphatic carbocycles. The van der Waals surface area contributed by atoms with Gasteiger partial charge in [0, 0.05) is 18.3 Å². The molecule has 0 radical (unpaired) electrons. The second-order valence-electron chi connectivity index (χ2n) is 5.41. The Balaban J connectivity index is 2.00. The number of hydrogen-bond acceptors (Lipinski definition) is 2. The molecule has 0 fully saturated rings. The van der Waals surface area contributed by atoms with Gasteiger partial charge in [-0.05, 0) is 30.4 Å². The van der Waals surface area contributed by atoms with Gasteiger partial charge in [0.25, 0.3) is 5.56 Å². The van der Waals surface area contributed by atoms with Gasteiger partial charge >= 0.3 is 5.97 Å². The number of fused-ring (bicyclic) bond motifs is 1. The van der Waals surface area contributed by atoms with Crippen LogP contribution < -0.4 is 5.56 Å². The molecule has 1 atom stereocenters. The van der Waals surface area contributed by atoms with Crippen molar-refractivity contribution in [2.24, 2.45) is 0 Å². The number of carbonyl (C=O) groups is 1. The molecule has 0 bridgehead atoms. The number of aryl methyl sites for hydroxylation is 1. The average Bonchev–Trinajstić information content (AvgIpc) is 2.95. The second kappa shape index (κ2) is 5.56. The molecule has 21 heavy (non-hydrogen) atoms. The molecule has 0 saturated carbocycles. The highest BCUT2D eigenvalue weighted by atomic mass is 16.4. The summed E-state index contributed by atoms with van der Waals surface area (Å²) in [6.45, 7) is 0.196. The van der Waals surface area contributed by atoms with Gasteiger partial charge in [0.05, 0.1) is 5.92 Å².